The Morgan fingerprint density at radius 3 is 2.56 bits per heavy atom. The van der Waals surface area contributed by atoms with E-state index in [-0.39, 0.29) is 5.91 Å². The average Bonchev–Trinajstić information content (AvgIpc) is 3.35. The summed E-state index contributed by atoms with van der Waals surface area (Å²) in [7, 11) is 0. The van der Waals surface area contributed by atoms with Crippen molar-refractivity contribution in [1.29, 1.82) is 0 Å². The van der Waals surface area contributed by atoms with E-state index in [0.717, 1.165) is 16.9 Å². The predicted molar refractivity (Wildman–Crippen MR) is 93.3 cm³/mol. The number of rotatable bonds is 4. The van der Waals surface area contributed by atoms with E-state index in [2.05, 4.69) is 25.6 Å². The van der Waals surface area contributed by atoms with Crippen LogP contribution >= 0.6 is 0 Å². The first kappa shape index (κ1) is 14.8. The number of carbonyl (C=O) groups is 1. The maximum atomic E-state index is 12.5. The van der Waals surface area contributed by atoms with E-state index in [1.54, 1.807) is 29.3 Å². The van der Waals surface area contributed by atoms with Gasteiger partial charge < -0.3 is 5.32 Å². The van der Waals surface area contributed by atoms with Crippen molar-refractivity contribution in [2.45, 2.75) is 0 Å². The topological polar surface area (TPSA) is 88.5 Å². The molecule has 4 rings (SSSR count). The lowest BCUT2D eigenvalue weighted by Crippen LogP contribution is -2.12. The third-order valence-electron chi connectivity index (χ3n) is 3.76. The summed E-state index contributed by atoms with van der Waals surface area (Å²) in [6.07, 6.45) is 4.67. The largest absolute Gasteiger partial charge is 0.319 e. The normalized spacial score (nSPS) is 10.6. The number of amides is 1. The van der Waals surface area contributed by atoms with Crippen molar-refractivity contribution < 1.29 is 4.79 Å². The number of anilines is 1. The first-order chi connectivity index (χ1) is 12.3. The number of carbonyl (C=O) groups excluding carboxylic acids is 1. The fraction of sp³-hybridized carbons (Fsp3) is 0. The fourth-order valence-electron chi connectivity index (χ4n) is 2.51. The molecule has 0 spiro atoms. The van der Waals surface area contributed by atoms with Crippen molar-refractivity contribution in [3.8, 4) is 16.9 Å². The molecule has 2 aromatic heterocycles. The summed E-state index contributed by atoms with van der Waals surface area (Å²) in [4.78, 5) is 16.4. The van der Waals surface area contributed by atoms with Crippen LogP contribution in [0.25, 0.3) is 16.9 Å². The molecule has 0 atom stereocenters. The molecule has 0 bridgehead atoms. The SMILES string of the molecule is O=C(Nc1cn[nH]c1-c1ccccc1)c1ccc(-n2cncn2)cc1. The van der Waals surface area contributed by atoms with Gasteiger partial charge in [-0.05, 0) is 24.3 Å². The number of nitrogens with zero attached hydrogens (tertiary/aromatic N) is 4. The van der Waals surface area contributed by atoms with E-state index in [4.69, 9.17) is 0 Å². The Hall–Kier alpha value is -3.74. The van der Waals surface area contributed by atoms with E-state index in [1.807, 2.05) is 42.5 Å². The zero-order chi connectivity index (χ0) is 17.1. The Morgan fingerprint density at radius 1 is 1.04 bits per heavy atom. The molecule has 2 aromatic carbocycles. The Labute approximate surface area is 143 Å². The molecule has 0 unspecified atom stereocenters. The van der Waals surface area contributed by atoms with Crippen LogP contribution < -0.4 is 5.32 Å². The van der Waals surface area contributed by atoms with Crippen molar-refractivity contribution in [2.24, 2.45) is 0 Å². The number of hydrogen-bond acceptors (Lipinski definition) is 4. The molecule has 122 valence electrons. The Kier molecular flexibility index (Phi) is 3.80. The van der Waals surface area contributed by atoms with Gasteiger partial charge in [-0.1, -0.05) is 30.3 Å². The summed E-state index contributed by atoms with van der Waals surface area (Å²) in [6, 6.07) is 16.8. The van der Waals surface area contributed by atoms with Crippen LogP contribution in [0.4, 0.5) is 5.69 Å². The summed E-state index contributed by atoms with van der Waals surface area (Å²) in [6.45, 7) is 0. The minimum Gasteiger partial charge on any atom is -0.319 e. The summed E-state index contributed by atoms with van der Waals surface area (Å²) >= 11 is 0. The third kappa shape index (κ3) is 3.02. The van der Waals surface area contributed by atoms with Crippen molar-refractivity contribution >= 4 is 11.6 Å². The second-order valence-corrected chi connectivity index (χ2v) is 5.37. The van der Waals surface area contributed by atoms with Gasteiger partial charge in [-0.15, -0.1) is 0 Å². The van der Waals surface area contributed by atoms with Crippen molar-refractivity contribution in [3.05, 3.63) is 79.0 Å². The first-order valence-electron chi connectivity index (χ1n) is 7.66. The minimum absolute atomic E-state index is 0.205. The van der Waals surface area contributed by atoms with Crippen molar-refractivity contribution in [1.82, 2.24) is 25.0 Å². The Balaban J connectivity index is 1.54. The molecular formula is C18H14N6O. The minimum atomic E-state index is -0.205. The fourth-order valence-corrected chi connectivity index (χ4v) is 2.51. The summed E-state index contributed by atoms with van der Waals surface area (Å²) in [5.41, 5.74) is 3.74. The van der Waals surface area contributed by atoms with Crippen LogP contribution in [-0.2, 0) is 0 Å². The summed E-state index contributed by atoms with van der Waals surface area (Å²) < 4.78 is 1.63. The molecule has 0 aliphatic rings. The van der Waals surface area contributed by atoms with Gasteiger partial charge in [-0.3, -0.25) is 9.89 Å². The Morgan fingerprint density at radius 2 is 1.84 bits per heavy atom. The molecule has 2 heterocycles. The molecule has 2 N–H and O–H groups in total. The molecule has 25 heavy (non-hydrogen) atoms. The number of H-pyrrole nitrogens is 1. The monoisotopic (exact) mass is 330 g/mol. The summed E-state index contributed by atoms with van der Waals surface area (Å²) in [5.74, 6) is -0.205. The van der Waals surface area contributed by atoms with Gasteiger partial charge >= 0.3 is 0 Å². The van der Waals surface area contributed by atoms with Gasteiger partial charge in [0, 0.05) is 11.1 Å². The number of aromatic nitrogens is 5. The highest BCUT2D eigenvalue weighted by atomic mass is 16.1. The maximum Gasteiger partial charge on any atom is 0.255 e. The number of aromatic amines is 1. The maximum absolute atomic E-state index is 12.5. The second kappa shape index (κ2) is 6.40. The van der Waals surface area contributed by atoms with Crippen LogP contribution in [0, 0.1) is 0 Å². The molecule has 0 aliphatic heterocycles. The molecule has 7 nitrogen and oxygen atoms in total. The lowest BCUT2D eigenvalue weighted by Gasteiger charge is -2.07. The van der Waals surface area contributed by atoms with Gasteiger partial charge in [0.1, 0.15) is 12.7 Å². The number of hydrogen-bond donors (Lipinski definition) is 2. The van der Waals surface area contributed by atoms with E-state index in [0.29, 0.717) is 11.3 Å². The van der Waals surface area contributed by atoms with Gasteiger partial charge in [0.2, 0.25) is 0 Å². The molecule has 4 aromatic rings. The quantitative estimate of drug-likeness (QED) is 0.602. The van der Waals surface area contributed by atoms with Gasteiger partial charge in [-0.25, -0.2) is 9.67 Å². The van der Waals surface area contributed by atoms with Crippen LogP contribution in [0.1, 0.15) is 10.4 Å². The van der Waals surface area contributed by atoms with Crippen molar-refractivity contribution in [3.63, 3.8) is 0 Å². The predicted octanol–water partition coefficient (Wildman–Crippen LogP) is 2.91. The standard InChI is InChI=1S/C18H14N6O/c25-18(14-6-8-15(9-7-14)24-12-19-11-21-24)22-16-10-20-23-17(16)13-4-2-1-3-5-13/h1-12H,(H,20,23)(H,22,25). The van der Waals surface area contributed by atoms with E-state index in [9.17, 15) is 4.79 Å². The highest BCUT2D eigenvalue weighted by Gasteiger charge is 2.12. The third-order valence-corrected chi connectivity index (χ3v) is 3.76. The summed E-state index contributed by atoms with van der Waals surface area (Å²) in [5, 5.41) is 13.9. The molecule has 0 saturated carbocycles. The van der Waals surface area contributed by atoms with E-state index < -0.39 is 0 Å². The first-order valence-corrected chi connectivity index (χ1v) is 7.66. The number of benzene rings is 2. The van der Waals surface area contributed by atoms with Crippen LogP contribution in [0.5, 0.6) is 0 Å². The van der Waals surface area contributed by atoms with Crippen LogP contribution in [0.15, 0.2) is 73.4 Å². The van der Waals surface area contributed by atoms with Gasteiger partial charge in [0.15, 0.2) is 0 Å². The molecule has 0 saturated heterocycles. The highest BCUT2D eigenvalue weighted by molar-refractivity contribution is 6.05. The smallest absolute Gasteiger partial charge is 0.255 e. The lowest BCUT2D eigenvalue weighted by atomic mass is 10.1. The molecular weight excluding hydrogens is 316 g/mol. The molecule has 0 aliphatic carbocycles. The van der Waals surface area contributed by atoms with Crippen molar-refractivity contribution in [2.75, 3.05) is 5.32 Å². The molecule has 7 heteroatoms. The molecule has 1 amide bonds. The zero-order valence-corrected chi connectivity index (χ0v) is 13.1. The van der Waals surface area contributed by atoms with Crippen LogP contribution in [0.3, 0.4) is 0 Å². The van der Waals surface area contributed by atoms with Crippen LogP contribution in [0.2, 0.25) is 0 Å². The average molecular weight is 330 g/mol. The van der Waals surface area contributed by atoms with Gasteiger partial charge in [0.25, 0.3) is 5.91 Å². The van der Waals surface area contributed by atoms with E-state index in [1.165, 1.54) is 6.33 Å². The lowest BCUT2D eigenvalue weighted by molar-refractivity contribution is 0.102. The second-order valence-electron chi connectivity index (χ2n) is 5.37. The van der Waals surface area contributed by atoms with Crippen LogP contribution in [-0.4, -0.2) is 30.9 Å². The molecule has 0 fully saturated rings. The van der Waals surface area contributed by atoms with Gasteiger partial charge in [0.05, 0.1) is 23.3 Å². The zero-order valence-electron chi connectivity index (χ0n) is 13.1. The van der Waals surface area contributed by atoms with Gasteiger partial charge in [-0.2, -0.15) is 10.2 Å². The van der Waals surface area contributed by atoms with E-state index >= 15 is 0 Å². The number of nitrogens with one attached hydrogen (secondary N) is 2. The molecule has 0 radical (unpaired) electrons. The highest BCUT2D eigenvalue weighted by Crippen LogP contribution is 2.25. The Bertz CT molecular complexity index is 974.